The van der Waals surface area contributed by atoms with E-state index in [-0.39, 0.29) is 0 Å². The Bertz CT molecular complexity index is 2200. The molecule has 35 heteroatoms. The number of rotatable bonds is 37. The molecule has 0 radical (unpaired) electrons. The van der Waals surface area contributed by atoms with Gasteiger partial charge in [-0.05, 0) is 25.2 Å². The molecule has 0 aliphatic rings. The van der Waals surface area contributed by atoms with Gasteiger partial charge in [0.25, 0.3) is 0 Å². The number of aliphatic carboxylic acids is 7. The predicted octanol–water partition coefficient (Wildman–Crippen LogP) is -8.60. The van der Waals surface area contributed by atoms with Gasteiger partial charge < -0.3 is 95.9 Å². The third-order valence-electron chi connectivity index (χ3n) is 10.3. The molecule has 0 saturated heterocycles. The summed E-state index contributed by atoms with van der Waals surface area (Å²) in [6.45, 7) is 2.13. The third-order valence-corrected chi connectivity index (χ3v) is 10.3. The minimum Gasteiger partial charge on any atom is -0.481 e. The maximum absolute atomic E-state index is 14.1. The zero-order valence-corrected chi connectivity index (χ0v) is 39.8. The second-order valence-electron chi connectivity index (χ2n) is 16.7. The van der Waals surface area contributed by atoms with Crippen LogP contribution in [-0.2, 0) is 81.5 Å². The summed E-state index contributed by atoms with van der Waals surface area (Å²) in [5, 5.41) is 80.6. The number of carboxylic acids is 7. The van der Waals surface area contributed by atoms with Crippen LogP contribution in [0.25, 0.3) is 0 Å². The first-order chi connectivity index (χ1) is 34.6. The Kier molecular flexibility index (Phi) is 27.6. The van der Waals surface area contributed by atoms with Crippen LogP contribution >= 0.6 is 0 Å². The highest BCUT2D eigenvalue weighted by atomic mass is 16.4. The van der Waals surface area contributed by atoms with E-state index < -0.39 is 231 Å². The summed E-state index contributed by atoms with van der Waals surface area (Å²) >= 11 is 0. The number of hydrogen-bond acceptors (Lipinski definition) is 18. The molecule has 0 aliphatic heterocycles. The molecule has 75 heavy (non-hydrogen) atoms. The van der Waals surface area contributed by atoms with Crippen LogP contribution in [0, 0.1) is 23.7 Å². The summed E-state index contributed by atoms with van der Waals surface area (Å²) in [7, 11) is 0. The number of carboxylic acid groups (broad SMARTS) is 7. The van der Waals surface area contributed by atoms with Crippen molar-refractivity contribution in [1.82, 2.24) is 37.2 Å². The highest BCUT2D eigenvalue weighted by Gasteiger charge is 2.41. The molecule has 0 saturated carbocycles. The molecule has 0 heterocycles. The fourth-order valence-corrected chi connectivity index (χ4v) is 6.43. The molecule has 0 spiro atoms. The molecule has 418 valence electrons. The molecule has 0 unspecified atom stereocenters. The van der Waals surface area contributed by atoms with Gasteiger partial charge in [-0.3, -0.25) is 81.5 Å². The van der Waals surface area contributed by atoms with Gasteiger partial charge in [0.1, 0.15) is 42.3 Å². The Balaban J connectivity index is 7.48. The molecule has 0 aromatic rings. The van der Waals surface area contributed by atoms with Crippen LogP contribution in [0.4, 0.5) is 0 Å². The van der Waals surface area contributed by atoms with Crippen LogP contribution in [0.5, 0.6) is 0 Å². The molecule has 22 N–H and O–H groups in total. The lowest BCUT2D eigenvalue weighted by molar-refractivity contribution is -0.158. The van der Waals surface area contributed by atoms with Crippen molar-refractivity contribution >= 4 is 101 Å². The molecule has 10 amide bonds. The highest BCUT2D eigenvalue weighted by Crippen LogP contribution is 2.16. The normalized spacial score (nSPS) is 13.7. The number of carbonyl (C=O) groups is 17. The first-order valence-corrected chi connectivity index (χ1v) is 21.9. The summed E-state index contributed by atoms with van der Waals surface area (Å²) in [6.07, 6.45) is -8.58. The van der Waals surface area contributed by atoms with Crippen molar-refractivity contribution in [2.75, 3.05) is 6.54 Å². The second kappa shape index (κ2) is 31.4. The van der Waals surface area contributed by atoms with Gasteiger partial charge in [-0.1, -0.05) is 13.8 Å². The van der Waals surface area contributed by atoms with Gasteiger partial charge in [-0.2, -0.15) is 0 Å². The molecule has 35 nitrogen and oxygen atoms in total. The van der Waals surface area contributed by atoms with Crippen molar-refractivity contribution < 1.29 is 117 Å². The van der Waals surface area contributed by atoms with Crippen LogP contribution in [0.15, 0.2) is 0 Å². The first kappa shape index (κ1) is 66.0. The molecule has 0 bridgehead atoms. The Morgan fingerprint density at radius 3 is 0.920 bits per heavy atom. The molecular formula is C40H59N11O24. The van der Waals surface area contributed by atoms with E-state index in [0.717, 1.165) is 0 Å². The smallest absolute Gasteiger partial charge is 0.317 e. The lowest BCUT2D eigenvalue weighted by atomic mass is 9.95. The van der Waals surface area contributed by atoms with E-state index in [0.29, 0.717) is 0 Å². The Labute approximate surface area is 421 Å². The molecular weight excluding hydrogens is 1020 g/mol. The molecule has 0 rings (SSSR count). The van der Waals surface area contributed by atoms with Crippen molar-refractivity contribution in [3.63, 3.8) is 0 Å². The maximum atomic E-state index is 14.1. The summed E-state index contributed by atoms with van der Waals surface area (Å²) < 4.78 is 0. The van der Waals surface area contributed by atoms with Gasteiger partial charge >= 0.3 is 41.8 Å². The van der Waals surface area contributed by atoms with E-state index in [4.69, 9.17) is 28.0 Å². The van der Waals surface area contributed by atoms with Gasteiger partial charge in [-0.25, -0.2) is 0 Å². The van der Waals surface area contributed by atoms with E-state index in [1.807, 2.05) is 26.6 Å². The largest absolute Gasteiger partial charge is 0.481 e. The average Bonchev–Trinajstić information content (AvgIpc) is 3.27. The van der Waals surface area contributed by atoms with Gasteiger partial charge in [0.2, 0.25) is 59.1 Å². The number of carbonyl (C=O) groups excluding carboxylic acids is 10. The molecule has 0 fully saturated rings. The summed E-state index contributed by atoms with van der Waals surface area (Å²) in [4.78, 5) is 213. The third kappa shape index (κ3) is 24.3. The highest BCUT2D eigenvalue weighted by molar-refractivity contribution is 6.01. The number of nitrogens with one attached hydrogen (secondary N) is 7. The number of hydrogen-bond donors (Lipinski definition) is 18. The lowest BCUT2D eigenvalue weighted by Gasteiger charge is -2.29. The Hall–Kier alpha value is -9.05. The fourth-order valence-electron chi connectivity index (χ4n) is 6.43. The molecule has 0 aromatic heterocycles. The van der Waals surface area contributed by atoms with E-state index in [9.17, 15) is 112 Å². The van der Waals surface area contributed by atoms with E-state index in [1.54, 1.807) is 0 Å². The molecule has 0 aromatic carbocycles. The summed E-state index contributed by atoms with van der Waals surface area (Å²) in [5.41, 5.74) is 20.7. The van der Waals surface area contributed by atoms with Crippen LogP contribution in [0.2, 0.25) is 0 Å². The van der Waals surface area contributed by atoms with Crippen molar-refractivity contribution in [2.24, 2.45) is 46.6 Å². The minimum absolute atomic E-state index is 0.466. The molecule has 0 aliphatic carbocycles. The van der Waals surface area contributed by atoms with Crippen molar-refractivity contribution in [1.29, 1.82) is 0 Å². The van der Waals surface area contributed by atoms with Crippen molar-refractivity contribution in [3.05, 3.63) is 0 Å². The fraction of sp³-hybridized carbons (Fsp3) is 0.575. The van der Waals surface area contributed by atoms with Crippen molar-refractivity contribution in [2.45, 2.75) is 114 Å². The molecule has 7 atom stereocenters. The van der Waals surface area contributed by atoms with Gasteiger partial charge in [-0.15, -0.1) is 0 Å². The Morgan fingerprint density at radius 2 is 0.653 bits per heavy atom. The van der Waals surface area contributed by atoms with Crippen LogP contribution in [-0.4, -0.2) is 185 Å². The van der Waals surface area contributed by atoms with Crippen LogP contribution in [0.1, 0.15) is 71.6 Å². The average molecular weight is 1080 g/mol. The van der Waals surface area contributed by atoms with Gasteiger partial charge in [0.15, 0.2) is 17.8 Å². The van der Waals surface area contributed by atoms with Crippen molar-refractivity contribution in [3.8, 4) is 0 Å². The minimum atomic E-state index is -2.59. The summed E-state index contributed by atoms with van der Waals surface area (Å²) in [5.74, 6) is -36.3. The van der Waals surface area contributed by atoms with Crippen LogP contribution in [0.3, 0.4) is 0 Å². The van der Waals surface area contributed by atoms with E-state index in [2.05, 4.69) is 10.6 Å². The standard InChI is InChI=1S/C40H59N11O24/c1-13(2)7-20(31(60)46-18(3-5-24(42)52)30(59)50-21(8-14(35(64)65)36(66)67)32(61)47-19(28(44)57)11-25(43)53)48-33(62)23(10-16(39(72)73)40(74)75)51-34(63)22(9-15(37(68)69)38(70)71)49-29(58)17(4-6-27(55)56)45-26(54)12-41/h13-23H,3-12,41H2,1-2H3,(H2,42,52)(H2,43,53)(H2,44,57)(H,45,54)(H,46,60)(H,47,61)(H,48,62)(H,49,58)(H,50,59)(H,51,63)(H,55,56)(H,64,65)(H,66,67)(H,68,69)(H,70,71)(H,72,73)(H,74,75)/t17-,18-,19-,20-,21-,22-,23-/m0/s1. The SMILES string of the molecule is CC(C)C[C@H](NC(=O)[C@H](CC(C(=O)O)C(=O)O)NC(=O)[C@H](CC(C(=O)O)C(=O)O)NC(=O)[C@H](CCC(=O)O)NC(=O)CN)C(=O)N[C@@H](CCC(N)=O)C(=O)N[C@@H](CC(C(=O)O)C(=O)O)C(=O)N[C@@H](CC(N)=O)C(N)=O. The van der Waals surface area contributed by atoms with E-state index >= 15 is 0 Å². The number of nitrogens with two attached hydrogens (primary N) is 4. The van der Waals surface area contributed by atoms with Gasteiger partial charge in [0, 0.05) is 32.1 Å². The predicted molar refractivity (Wildman–Crippen MR) is 240 cm³/mol. The van der Waals surface area contributed by atoms with Crippen LogP contribution < -0.4 is 60.2 Å². The first-order valence-electron chi connectivity index (χ1n) is 21.9. The number of primary amides is 3. The zero-order valence-electron chi connectivity index (χ0n) is 39.8. The quantitative estimate of drug-likeness (QED) is 0.0257. The Morgan fingerprint density at radius 1 is 0.373 bits per heavy atom. The van der Waals surface area contributed by atoms with E-state index in [1.165, 1.54) is 13.8 Å². The van der Waals surface area contributed by atoms with Gasteiger partial charge in [0.05, 0.1) is 13.0 Å². The second-order valence-corrected chi connectivity index (χ2v) is 16.7. The summed E-state index contributed by atoms with van der Waals surface area (Å²) in [6, 6.07) is -14.9. The maximum Gasteiger partial charge on any atom is 0.317 e. The number of amides is 10. The topological polar surface area (TPSA) is 620 Å². The lowest BCUT2D eigenvalue weighted by Crippen LogP contribution is -2.61. The zero-order chi connectivity index (χ0) is 58.2. The monoisotopic (exact) mass is 1080 g/mol.